The van der Waals surface area contributed by atoms with E-state index in [0.717, 1.165) is 5.56 Å². The molecule has 2 N–H and O–H groups in total. The van der Waals surface area contributed by atoms with Crippen LogP contribution in [-0.4, -0.2) is 9.97 Å². The van der Waals surface area contributed by atoms with Crippen molar-refractivity contribution in [3.8, 4) is 5.88 Å². The van der Waals surface area contributed by atoms with Gasteiger partial charge >= 0.3 is 0 Å². The number of aromatic nitrogens is 2. The lowest BCUT2D eigenvalue weighted by molar-refractivity contribution is 0.216. The predicted octanol–water partition coefficient (Wildman–Crippen LogP) is 3.32. The maximum atomic E-state index is 5.84. The molecule has 0 spiro atoms. The summed E-state index contributed by atoms with van der Waals surface area (Å²) in [4.78, 5) is 8.59. The SMILES string of the molecule is CC(C)c1nc(N)cc(OC(C)c2ccccc2)n1. The largest absolute Gasteiger partial charge is 0.470 e. The molecule has 0 fully saturated rings. The maximum Gasteiger partial charge on any atom is 0.219 e. The number of rotatable bonds is 4. The summed E-state index contributed by atoms with van der Waals surface area (Å²) in [6.07, 6.45) is -0.0736. The lowest BCUT2D eigenvalue weighted by atomic mass is 10.1. The van der Waals surface area contributed by atoms with Crippen molar-refractivity contribution in [2.75, 3.05) is 5.73 Å². The van der Waals surface area contributed by atoms with E-state index in [4.69, 9.17) is 10.5 Å². The molecule has 0 aliphatic carbocycles. The molecule has 0 bridgehead atoms. The Labute approximate surface area is 113 Å². The van der Waals surface area contributed by atoms with Crippen LogP contribution in [0.15, 0.2) is 36.4 Å². The molecular weight excluding hydrogens is 238 g/mol. The third-order valence-electron chi connectivity index (χ3n) is 2.82. The van der Waals surface area contributed by atoms with Crippen molar-refractivity contribution in [3.63, 3.8) is 0 Å². The monoisotopic (exact) mass is 257 g/mol. The Morgan fingerprint density at radius 1 is 1.05 bits per heavy atom. The molecule has 0 aliphatic rings. The summed E-state index contributed by atoms with van der Waals surface area (Å²) in [5.74, 6) is 1.88. The van der Waals surface area contributed by atoms with Gasteiger partial charge in [-0.05, 0) is 12.5 Å². The average molecular weight is 257 g/mol. The Balaban J connectivity index is 2.19. The molecule has 1 unspecified atom stereocenters. The lowest BCUT2D eigenvalue weighted by Gasteiger charge is -2.15. The molecular formula is C15H19N3O. The summed E-state index contributed by atoms with van der Waals surface area (Å²) in [6, 6.07) is 11.7. The summed E-state index contributed by atoms with van der Waals surface area (Å²) in [5, 5.41) is 0. The highest BCUT2D eigenvalue weighted by Gasteiger charge is 2.11. The van der Waals surface area contributed by atoms with Crippen LogP contribution in [0.1, 0.15) is 44.2 Å². The standard InChI is InChI=1S/C15H19N3O/c1-10(2)15-17-13(16)9-14(18-15)19-11(3)12-7-5-4-6-8-12/h4-11H,1-3H3,(H2,16,17,18). The van der Waals surface area contributed by atoms with Crippen molar-refractivity contribution in [1.29, 1.82) is 0 Å². The smallest absolute Gasteiger partial charge is 0.219 e. The van der Waals surface area contributed by atoms with Gasteiger partial charge in [0.2, 0.25) is 5.88 Å². The van der Waals surface area contributed by atoms with E-state index in [-0.39, 0.29) is 12.0 Å². The van der Waals surface area contributed by atoms with E-state index in [2.05, 4.69) is 9.97 Å². The van der Waals surface area contributed by atoms with E-state index >= 15 is 0 Å². The molecule has 1 aromatic heterocycles. The van der Waals surface area contributed by atoms with E-state index in [1.54, 1.807) is 6.07 Å². The Kier molecular flexibility index (Phi) is 4.00. The quantitative estimate of drug-likeness (QED) is 0.912. The lowest BCUT2D eigenvalue weighted by Crippen LogP contribution is -2.08. The Bertz CT molecular complexity index is 540. The van der Waals surface area contributed by atoms with Crippen molar-refractivity contribution < 1.29 is 4.74 Å². The molecule has 2 rings (SSSR count). The van der Waals surface area contributed by atoms with Crippen molar-refractivity contribution in [1.82, 2.24) is 9.97 Å². The predicted molar refractivity (Wildman–Crippen MR) is 76.0 cm³/mol. The summed E-state index contributed by atoms with van der Waals surface area (Å²) in [6.45, 7) is 6.04. The van der Waals surface area contributed by atoms with Crippen LogP contribution < -0.4 is 10.5 Å². The van der Waals surface area contributed by atoms with Crippen LogP contribution in [0.5, 0.6) is 5.88 Å². The summed E-state index contributed by atoms with van der Waals surface area (Å²) >= 11 is 0. The van der Waals surface area contributed by atoms with Crippen LogP contribution in [0.4, 0.5) is 5.82 Å². The highest BCUT2D eigenvalue weighted by Crippen LogP contribution is 2.22. The zero-order valence-electron chi connectivity index (χ0n) is 11.5. The van der Waals surface area contributed by atoms with E-state index in [1.807, 2.05) is 51.1 Å². The minimum Gasteiger partial charge on any atom is -0.470 e. The minimum absolute atomic E-state index is 0.0736. The Morgan fingerprint density at radius 3 is 2.37 bits per heavy atom. The van der Waals surface area contributed by atoms with Gasteiger partial charge in [0, 0.05) is 12.0 Å². The van der Waals surface area contributed by atoms with Gasteiger partial charge in [-0.15, -0.1) is 0 Å². The molecule has 4 heteroatoms. The van der Waals surface area contributed by atoms with Crippen molar-refractivity contribution in [2.45, 2.75) is 32.8 Å². The number of benzene rings is 1. The first-order valence-electron chi connectivity index (χ1n) is 6.42. The van der Waals surface area contributed by atoms with Gasteiger partial charge in [0.05, 0.1) is 0 Å². The van der Waals surface area contributed by atoms with Crippen LogP contribution >= 0.6 is 0 Å². The molecule has 19 heavy (non-hydrogen) atoms. The van der Waals surface area contributed by atoms with Gasteiger partial charge in [-0.25, -0.2) is 4.98 Å². The molecule has 0 amide bonds. The number of hydrogen-bond acceptors (Lipinski definition) is 4. The first-order chi connectivity index (χ1) is 9.06. The first kappa shape index (κ1) is 13.3. The zero-order valence-corrected chi connectivity index (χ0v) is 11.5. The summed E-state index contributed by atoms with van der Waals surface area (Å²) in [5.41, 5.74) is 6.88. The Hall–Kier alpha value is -2.10. The van der Waals surface area contributed by atoms with Gasteiger partial charge in [-0.1, -0.05) is 44.2 Å². The van der Waals surface area contributed by atoms with Crippen molar-refractivity contribution in [3.05, 3.63) is 47.8 Å². The number of nitrogen functional groups attached to an aromatic ring is 1. The van der Waals surface area contributed by atoms with Gasteiger partial charge < -0.3 is 10.5 Å². The molecule has 0 aliphatic heterocycles. The first-order valence-corrected chi connectivity index (χ1v) is 6.42. The van der Waals surface area contributed by atoms with Crippen LogP contribution in [0.25, 0.3) is 0 Å². The molecule has 1 atom stereocenters. The third-order valence-corrected chi connectivity index (χ3v) is 2.82. The van der Waals surface area contributed by atoms with Gasteiger partial charge in [-0.2, -0.15) is 4.98 Å². The molecule has 4 nitrogen and oxygen atoms in total. The van der Waals surface area contributed by atoms with E-state index < -0.39 is 0 Å². The van der Waals surface area contributed by atoms with E-state index in [1.165, 1.54) is 0 Å². The zero-order chi connectivity index (χ0) is 13.8. The molecule has 0 radical (unpaired) electrons. The minimum atomic E-state index is -0.0736. The molecule has 100 valence electrons. The van der Waals surface area contributed by atoms with Gasteiger partial charge in [0.15, 0.2) is 0 Å². The third kappa shape index (κ3) is 3.44. The number of ether oxygens (including phenoxy) is 1. The number of nitrogens with two attached hydrogens (primary N) is 1. The molecule has 1 aromatic carbocycles. The molecule has 0 saturated carbocycles. The van der Waals surface area contributed by atoms with E-state index in [0.29, 0.717) is 17.5 Å². The highest BCUT2D eigenvalue weighted by molar-refractivity contribution is 5.33. The second-order valence-electron chi connectivity index (χ2n) is 4.81. The summed E-state index contributed by atoms with van der Waals surface area (Å²) < 4.78 is 5.84. The fourth-order valence-electron chi connectivity index (χ4n) is 1.75. The Morgan fingerprint density at radius 2 is 1.74 bits per heavy atom. The van der Waals surface area contributed by atoms with Gasteiger partial charge in [0.25, 0.3) is 0 Å². The van der Waals surface area contributed by atoms with E-state index in [9.17, 15) is 0 Å². The fourth-order valence-corrected chi connectivity index (χ4v) is 1.75. The highest BCUT2D eigenvalue weighted by atomic mass is 16.5. The van der Waals surface area contributed by atoms with Crippen molar-refractivity contribution in [2.24, 2.45) is 0 Å². The van der Waals surface area contributed by atoms with Gasteiger partial charge in [0.1, 0.15) is 17.7 Å². The van der Waals surface area contributed by atoms with Crippen molar-refractivity contribution >= 4 is 5.82 Å². The maximum absolute atomic E-state index is 5.84. The summed E-state index contributed by atoms with van der Waals surface area (Å²) in [7, 11) is 0. The fraction of sp³-hybridized carbons (Fsp3) is 0.333. The molecule has 1 heterocycles. The van der Waals surface area contributed by atoms with Crippen LogP contribution in [0, 0.1) is 0 Å². The second-order valence-corrected chi connectivity index (χ2v) is 4.81. The number of nitrogens with zero attached hydrogens (tertiary/aromatic N) is 2. The molecule has 0 saturated heterocycles. The number of hydrogen-bond donors (Lipinski definition) is 1. The average Bonchev–Trinajstić information content (AvgIpc) is 2.39. The topological polar surface area (TPSA) is 61.0 Å². The molecule has 2 aromatic rings. The van der Waals surface area contributed by atoms with Crippen LogP contribution in [0.3, 0.4) is 0 Å². The van der Waals surface area contributed by atoms with Crippen LogP contribution in [0.2, 0.25) is 0 Å². The normalized spacial score (nSPS) is 12.4. The number of anilines is 1. The van der Waals surface area contributed by atoms with Gasteiger partial charge in [-0.3, -0.25) is 0 Å². The second kappa shape index (κ2) is 5.69. The van der Waals surface area contributed by atoms with Crippen LogP contribution in [-0.2, 0) is 0 Å².